The standard InChI is InChI=1S/C8H17NS/c1-10-8(7-9)5-3-2-4-6-8/h2-7,9H2,1H3. The minimum atomic E-state index is 0.457. The minimum Gasteiger partial charge on any atom is -0.329 e. The third kappa shape index (κ3) is 1.67. The molecule has 2 N–H and O–H groups in total. The van der Waals surface area contributed by atoms with E-state index in [1.165, 1.54) is 32.1 Å². The van der Waals surface area contributed by atoms with Gasteiger partial charge in [0.25, 0.3) is 0 Å². The van der Waals surface area contributed by atoms with Crippen LogP contribution in [-0.4, -0.2) is 17.5 Å². The third-order valence-electron chi connectivity index (χ3n) is 2.57. The Bertz CT molecular complexity index is 91.4. The van der Waals surface area contributed by atoms with Gasteiger partial charge in [-0.1, -0.05) is 19.3 Å². The molecule has 1 aliphatic carbocycles. The molecule has 0 aromatic rings. The van der Waals surface area contributed by atoms with E-state index < -0.39 is 0 Å². The van der Waals surface area contributed by atoms with Gasteiger partial charge < -0.3 is 5.73 Å². The van der Waals surface area contributed by atoms with Crippen LogP contribution in [0.2, 0.25) is 0 Å². The van der Waals surface area contributed by atoms with Crippen LogP contribution in [0.1, 0.15) is 32.1 Å². The largest absolute Gasteiger partial charge is 0.329 e. The van der Waals surface area contributed by atoms with Crippen molar-refractivity contribution in [1.82, 2.24) is 0 Å². The summed E-state index contributed by atoms with van der Waals surface area (Å²) in [7, 11) is 0. The van der Waals surface area contributed by atoms with Crippen molar-refractivity contribution in [3.05, 3.63) is 0 Å². The predicted octanol–water partition coefficient (Wildman–Crippen LogP) is 2.01. The van der Waals surface area contributed by atoms with E-state index in [1.807, 2.05) is 11.8 Å². The number of hydrogen-bond acceptors (Lipinski definition) is 2. The highest BCUT2D eigenvalue weighted by atomic mass is 32.2. The summed E-state index contributed by atoms with van der Waals surface area (Å²) in [4.78, 5) is 0. The minimum absolute atomic E-state index is 0.457. The summed E-state index contributed by atoms with van der Waals surface area (Å²) in [5.74, 6) is 0. The molecule has 0 bridgehead atoms. The molecular formula is C8H17NS. The maximum atomic E-state index is 5.73. The van der Waals surface area contributed by atoms with Gasteiger partial charge in [0.15, 0.2) is 0 Å². The number of thioether (sulfide) groups is 1. The lowest BCUT2D eigenvalue weighted by Gasteiger charge is -2.34. The molecule has 1 fully saturated rings. The highest BCUT2D eigenvalue weighted by Crippen LogP contribution is 2.37. The number of nitrogens with two attached hydrogens (primary N) is 1. The van der Waals surface area contributed by atoms with Gasteiger partial charge in [-0.2, -0.15) is 11.8 Å². The average Bonchev–Trinajstić information content (AvgIpc) is 2.06. The first-order valence-electron chi connectivity index (χ1n) is 4.08. The number of rotatable bonds is 2. The van der Waals surface area contributed by atoms with E-state index >= 15 is 0 Å². The molecule has 0 radical (unpaired) electrons. The van der Waals surface area contributed by atoms with E-state index in [0.717, 1.165) is 6.54 Å². The van der Waals surface area contributed by atoms with Crippen LogP contribution in [0.5, 0.6) is 0 Å². The Labute approximate surface area is 67.8 Å². The Kier molecular flexibility index (Phi) is 3.05. The molecule has 10 heavy (non-hydrogen) atoms. The molecule has 0 heterocycles. The van der Waals surface area contributed by atoms with Gasteiger partial charge in [-0.15, -0.1) is 0 Å². The molecule has 0 aliphatic heterocycles. The fourth-order valence-corrected chi connectivity index (χ4v) is 2.55. The first-order valence-corrected chi connectivity index (χ1v) is 5.31. The highest BCUT2D eigenvalue weighted by molar-refractivity contribution is 8.00. The van der Waals surface area contributed by atoms with Crippen LogP contribution in [0.15, 0.2) is 0 Å². The van der Waals surface area contributed by atoms with Crippen LogP contribution in [0, 0.1) is 0 Å². The molecule has 60 valence electrons. The Hall–Kier alpha value is 0.310. The van der Waals surface area contributed by atoms with Crippen LogP contribution in [0.4, 0.5) is 0 Å². The lowest BCUT2D eigenvalue weighted by atomic mass is 9.88. The molecule has 1 aliphatic rings. The van der Waals surface area contributed by atoms with Gasteiger partial charge in [-0.25, -0.2) is 0 Å². The summed E-state index contributed by atoms with van der Waals surface area (Å²) in [6, 6.07) is 0. The Morgan fingerprint density at radius 2 is 1.90 bits per heavy atom. The van der Waals surface area contributed by atoms with Crippen LogP contribution in [-0.2, 0) is 0 Å². The number of hydrogen-bond donors (Lipinski definition) is 1. The summed E-state index contributed by atoms with van der Waals surface area (Å²) < 4.78 is 0.457. The van der Waals surface area contributed by atoms with Crippen molar-refractivity contribution in [2.75, 3.05) is 12.8 Å². The van der Waals surface area contributed by atoms with Gasteiger partial charge >= 0.3 is 0 Å². The first-order chi connectivity index (χ1) is 4.83. The summed E-state index contributed by atoms with van der Waals surface area (Å²) >= 11 is 1.97. The zero-order valence-electron chi connectivity index (χ0n) is 6.73. The lowest BCUT2D eigenvalue weighted by molar-refractivity contribution is 0.404. The second kappa shape index (κ2) is 3.63. The molecule has 0 atom stereocenters. The Morgan fingerprint density at radius 1 is 1.30 bits per heavy atom. The fraction of sp³-hybridized carbons (Fsp3) is 1.00. The second-order valence-electron chi connectivity index (χ2n) is 3.15. The summed E-state index contributed by atoms with van der Waals surface area (Å²) in [5, 5.41) is 0. The quantitative estimate of drug-likeness (QED) is 0.667. The van der Waals surface area contributed by atoms with Gasteiger partial charge in [-0.3, -0.25) is 0 Å². The molecule has 1 saturated carbocycles. The van der Waals surface area contributed by atoms with Crippen LogP contribution >= 0.6 is 11.8 Å². The lowest BCUT2D eigenvalue weighted by Crippen LogP contribution is -2.36. The maximum Gasteiger partial charge on any atom is 0.0279 e. The normalized spacial score (nSPS) is 24.6. The van der Waals surface area contributed by atoms with Crippen molar-refractivity contribution in [3.8, 4) is 0 Å². The van der Waals surface area contributed by atoms with Crippen LogP contribution < -0.4 is 5.73 Å². The first kappa shape index (κ1) is 8.41. The van der Waals surface area contributed by atoms with Crippen molar-refractivity contribution in [2.24, 2.45) is 5.73 Å². The van der Waals surface area contributed by atoms with Gasteiger partial charge in [-0.05, 0) is 19.1 Å². The van der Waals surface area contributed by atoms with E-state index in [4.69, 9.17) is 5.73 Å². The van der Waals surface area contributed by atoms with E-state index in [1.54, 1.807) is 0 Å². The smallest absolute Gasteiger partial charge is 0.0279 e. The monoisotopic (exact) mass is 159 g/mol. The molecular weight excluding hydrogens is 142 g/mol. The van der Waals surface area contributed by atoms with E-state index in [0.29, 0.717) is 4.75 Å². The summed E-state index contributed by atoms with van der Waals surface area (Å²) in [6.07, 6.45) is 9.06. The van der Waals surface area contributed by atoms with E-state index in [9.17, 15) is 0 Å². The van der Waals surface area contributed by atoms with Gasteiger partial charge in [0.05, 0.1) is 0 Å². The van der Waals surface area contributed by atoms with Gasteiger partial charge in [0, 0.05) is 11.3 Å². The van der Waals surface area contributed by atoms with Crippen molar-refractivity contribution in [1.29, 1.82) is 0 Å². The van der Waals surface area contributed by atoms with Crippen molar-refractivity contribution in [2.45, 2.75) is 36.9 Å². The molecule has 0 spiro atoms. The predicted molar refractivity (Wildman–Crippen MR) is 48.4 cm³/mol. The molecule has 0 aromatic heterocycles. The summed E-state index contributed by atoms with van der Waals surface area (Å²) in [5.41, 5.74) is 5.73. The summed E-state index contributed by atoms with van der Waals surface area (Å²) in [6.45, 7) is 0.869. The van der Waals surface area contributed by atoms with Crippen LogP contribution in [0.3, 0.4) is 0 Å². The third-order valence-corrected chi connectivity index (χ3v) is 4.01. The van der Waals surface area contributed by atoms with Crippen molar-refractivity contribution < 1.29 is 0 Å². The van der Waals surface area contributed by atoms with Crippen molar-refractivity contribution in [3.63, 3.8) is 0 Å². The molecule has 1 nitrogen and oxygen atoms in total. The van der Waals surface area contributed by atoms with Gasteiger partial charge in [0.1, 0.15) is 0 Å². The Balaban J connectivity index is 2.44. The fourth-order valence-electron chi connectivity index (χ4n) is 1.69. The SMILES string of the molecule is CSC1(CN)CCCCC1. The molecule has 0 saturated heterocycles. The molecule has 0 amide bonds. The van der Waals surface area contributed by atoms with E-state index in [2.05, 4.69) is 6.26 Å². The van der Waals surface area contributed by atoms with Gasteiger partial charge in [0.2, 0.25) is 0 Å². The van der Waals surface area contributed by atoms with Crippen LogP contribution in [0.25, 0.3) is 0 Å². The highest BCUT2D eigenvalue weighted by Gasteiger charge is 2.28. The average molecular weight is 159 g/mol. The molecule has 0 unspecified atom stereocenters. The second-order valence-corrected chi connectivity index (χ2v) is 4.43. The molecule has 1 rings (SSSR count). The zero-order valence-corrected chi connectivity index (χ0v) is 7.54. The van der Waals surface area contributed by atoms with Crippen molar-refractivity contribution >= 4 is 11.8 Å². The Morgan fingerprint density at radius 3 is 2.20 bits per heavy atom. The molecule has 2 heteroatoms. The maximum absolute atomic E-state index is 5.73. The molecule has 0 aromatic carbocycles. The van der Waals surface area contributed by atoms with E-state index in [-0.39, 0.29) is 0 Å². The topological polar surface area (TPSA) is 26.0 Å². The zero-order chi connectivity index (χ0) is 7.45.